The standard InChI is InChI=1S/C11H18F2/c1-10(12,13)7-4-9-8-11(9)5-2-3-6-11/h9H,2-8H2,1H3. The van der Waals surface area contributed by atoms with Gasteiger partial charge in [-0.25, -0.2) is 8.78 Å². The lowest BCUT2D eigenvalue weighted by Gasteiger charge is -2.11. The molecule has 2 saturated carbocycles. The molecule has 0 heterocycles. The van der Waals surface area contributed by atoms with Gasteiger partial charge in [0.2, 0.25) is 5.92 Å². The van der Waals surface area contributed by atoms with Crippen LogP contribution >= 0.6 is 0 Å². The molecule has 2 aliphatic carbocycles. The van der Waals surface area contributed by atoms with Crippen molar-refractivity contribution in [1.29, 1.82) is 0 Å². The average Bonchev–Trinajstić information content (AvgIpc) is 2.42. The van der Waals surface area contributed by atoms with Crippen LogP contribution < -0.4 is 0 Å². The third-order valence-corrected chi connectivity index (χ3v) is 3.89. The van der Waals surface area contributed by atoms with E-state index >= 15 is 0 Å². The van der Waals surface area contributed by atoms with Crippen LogP contribution in [0.1, 0.15) is 51.9 Å². The van der Waals surface area contributed by atoms with E-state index in [4.69, 9.17) is 0 Å². The fraction of sp³-hybridized carbons (Fsp3) is 1.00. The van der Waals surface area contributed by atoms with Gasteiger partial charge in [0.05, 0.1) is 0 Å². The van der Waals surface area contributed by atoms with Gasteiger partial charge in [0, 0.05) is 6.42 Å². The molecular formula is C11H18F2. The Labute approximate surface area is 78.7 Å². The van der Waals surface area contributed by atoms with Crippen molar-refractivity contribution in [3.63, 3.8) is 0 Å². The number of alkyl halides is 2. The topological polar surface area (TPSA) is 0 Å². The smallest absolute Gasteiger partial charge is 0.207 e. The van der Waals surface area contributed by atoms with Crippen LogP contribution in [0.2, 0.25) is 0 Å². The molecule has 1 atom stereocenters. The largest absolute Gasteiger partial charge is 0.245 e. The Hall–Kier alpha value is -0.140. The molecule has 76 valence electrons. The van der Waals surface area contributed by atoms with E-state index in [1.54, 1.807) is 0 Å². The maximum atomic E-state index is 12.6. The molecule has 13 heavy (non-hydrogen) atoms. The van der Waals surface area contributed by atoms with Gasteiger partial charge in [0.25, 0.3) is 0 Å². The molecule has 0 bridgehead atoms. The highest BCUT2D eigenvalue weighted by molar-refractivity contribution is 5.04. The maximum Gasteiger partial charge on any atom is 0.245 e. The van der Waals surface area contributed by atoms with Crippen LogP contribution in [-0.2, 0) is 0 Å². The van der Waals surface area contributed by atoms with Crippen molar-refractivity contribution < 1.29 is 8.78 Å². The molecule has 2 heteroatoms. The van der Waals surface area contributed by atoms with E-state index in [1.807, 2.05) is 0 Å². The summed E-state index contributed by atoms with van der Waals surface area (Å²) in [7, 11) is 0. The molecule has 0 aromatic carbocycles. The molecular weight excluding hydrogens is 170 g/mol. The predicted octanol–water partition coefficient (Wildman–Crippen LogP) is 4.00. The first kappa shape index (κ1) is 9.42. The van der Waals surface area contributed by atoms with Gasteiger partial charge in [-0.05, 0) is 43.9 Å². The normalized spacial score (nSPS) is 31.2. The van der Waals surface area contributed by atoms with E-state index < -0.39 is 5.92 Å². The molecule has 0 nitrogen and oxygen atoms in total. The van der Waals surface area contributed by atoms with Crippen molar-refractivity contribution in [2.24, 2.45) is 11.3 Å². The minimum Gasteiger partial charge on any atom is -0.207 e. The molecule has 0 amide bonds. The molecule has 0 aliphatic heterocycles. The molecule has 0 N–H and O–H groups in total. The van der Waals surface area contributed by atoms with Crippen molar-refractivity contribution in [3.05, 3.63) is 0 Å². The zero-order valence-electron chi connectivity index (χ0n) is 8.28. The molecule has 0 aromatic rings. The lowest BCUT2D eigenvalue weighted by molar-refractivity contribution is 0.00854. The van der Waals surface area contributed by atoms with Crippen molar-refractivity contribution in [3.8, 4) is 0 Å². The number of halogens is 2. The quantitative estimate of drug-likeness (QED) is 0.628. The Morgan fingerprint density at radius 2 is 1.92 bits per heavy atom. The minimum atomic E-state index is -2.44. The molecule has 1 unspecified atom stereocenters. The highest BCUT2D eigenvalue weighted by Crippen LogP contribution is 2.64. The van der Waals surface area contributed by atoms with Gasteiger partial charge in [-0.1, -0.05) is 12.8 Å². The Morgan fingerprint density at radius 1 is 1.31 bits per heavy atom. The lowest BCUT2D eigenvalue weighted by atomic mass is 9.99. The van der Waals surface area contributed by atoms with E-state index in [0.717, 1.165) is 13.3 Å². The highest BCUT2D eigenvalue weighted by atomic mass is 19.3. The first-order valence-corrected chi connectivity index (χ1v) is 5.40. The zero-order valence-corrected chi connectivity index (χ0v) is 8.28. The molecule has 0 radical (unpaired) electrons. The Morgan fingerprint density at radius 3 is 2.46 bits per heavy atom. The van der Waals surface area contributed by atoms with Crippen LogP contribution in [0.3, 0.4) is 0 Å². The second-order valence-corrected chi connectivity index (χ2v) is 5.08. The summed E-state index contributed by atoms with van der Waals surface area (Å²) in [4.78, 5) is 0. The second kappa shape index (κ2) is 2.93. The predicted molar refractivity (Wildman–Crippen MR) is 48.9 cm³/mol. The summed E-state index contributed by atoms with van der Waals surface area (Å²) in [5, 5.41) is 0. The zero-order chi connectivity index (χ0) is 9.53. The fourth-order valence-corrected chi connectivity index (χ4v) is 2.96. The van der Waals surface area contributed by atoms with Gasteiger partial charge < -0.3 is 0 Å². The number of hydrogen-bond acceptors (Lipinski definition) is 0. The monoisotopic (exact) mass is 188 g/mol. The van der Waals surface area contributed by atoms with E-state index in [1.165, 1.54) is 32.1 Å². The van der Waals surface area contributed by atoms with Gasteiger partial charge in [-0.2, -0.15) is 0 Å². The third kappa shape index (κ3) is 2.03. The Bertz CT molecular complexity index is 187. The molecule has 0 aromatic heterocycles. The summed E-state index contributed by atoms with van der Waals surface area (Å²) >= 11 is 0. The Balaban J connectivity index is 1.74. The summed E-state index contributed by atoms with van der Waals surface area (Å²) in [6.45, 7) is 1.04. The van der Waals surface area contributed by atoms with E-state index in [-0.39, 0.29) is 6.42 Å². The van der Waals surface area contributed by atoms with Gasteiger partial charge >= 0.3 is 0 Å². The van der Waals surface area contributed by atoms with Crippen LogP contribution in [0.15, 0.2) is 0 Å². The highest BCUT2D eigenvalue weighted by Gasteiger charge is 2.54. The van der Waals surface area contributed by atoms with Gasteiger partial charge in [-0.3, -0.25) is 0 Å². The van der Waals surface area contributed by atoms with Crippen LogP contribution in [-0.4, -0.2) is 5.92 Å². The van der Waals surface area contributed by atoms with E-state index in [9.17, 15) is 8.78 Å². The van der Waals surface area contributed by atoms with E-state index in [0.29, 0.717) is 11.3 Å². The molecule has 2 aliphatic rings. The maximum absolute atomic E-state index is 12.6. The fourth-order valence-electron chi connectivity index (χ4n) is 2.96. The number of rotatable bonds is 3. The molecule has 2 rings (SSSR count). The van der Waals surface area contributed by atoms with E-state index in [2.05, 4.69) is 0 Å². The second-order valence-electron chi connectivity index (χ2n) is 5.08. The summed E-state index contributed by atoms with van der Waals surface area (Å²) in [6.07, 6.45) is 7.38. The molecule has 1 spiro atoms. The average molecular weight is 188 g/mol. The van der Waals surface area contributed by atoms with Crippen LogP contribution in [0.5, 0.6) is 0 Å². The van der Waals surface area contributed by atoms with Crippen molar-refractivity contribution in [2.75, 3.05) is 0 Å². The van der Waals surface area contributed by atoms with Crippen molar-refractivity contribution in [2.45, 2.75) is 57.8 Å². The summed E-state index contributed by atoms with van der Waals surface area (Å²) < 4.78 is 25.2. The number of hydrogen-bond donors (Lipinski definition) is 0. The summed E-state index contributed by atoms with van der Waals surface area (Å²) in [6, 6.07) is 0. The van der Waals surface area contributed by atoms with Crippen LogP contribution in [0.4, 0.5) is 8.78 Å². The van der Waals surface area contributed by atoms with Gasteiger partial charge in [0.15, 0.2) is 0 Å². The lowest BCUT2D eigenvalue weighted by Crippen LogP contribution is -2.10. The minimum absolute atomic E-state index is 0.0966. The first-order chi connectivity index (χ1) is 6.02. The summed E-state index contributed by atoms with van der Waals surface area (Å²) in [5.41, 5.74) is 0.547. The SMILES string of the molecule is CC(F)(F)CCC1CC12CCCC2. The van der Waals surface area contributed by atoms with Crippen molar-refractivity contribution in [1.82, 2.24) is 0 Å². The van der Waals surface area contributed by atoms with Crippen molar-refractivity contribution >= 4 is 0 Å². The first-order valence-electron chi connectivity index (χ1n) is 5.40. The molecule has 0 saturated heterocycles. The van der Waals surface area contributed by atoms with Crippen LogP contribution in [0.25, 0.3) is 0 Å². The summed E-state index contributed by atoms with van der Waals surface area (Å²) in [5.74, 6) is -1.80. The molecule has 2 fully saturated rings. The van der Waals surface area contributed by atoms with Gasteiger partial charge in [0.1, 0.15) is 0 Å². The third-order valence-electron chi connectivity index (χ3n) is 3.89. The van der Waals surface area contributed by atoms with Crippen LogP contribution in [0, 0.1) is 11.3 Å². The Kier molecular flexibility index (Phi) is 2.12. The van der Waals surface area contributed by atoms with Gasteiger partial charge in [-0.15, -0.1) is 0 Å².